The number of amides is 1. The average molecular weight is 358 g/mol. The molecule has 0 saturated heterocycles. The number of halogens is 1. The van der Waals surface area contributed by atoms with Gasteiger partial charge in [-0.1, -0.05) is 29.8 Å². The first-order valence-electron chi connectivity index (χ1n) is 7.62. The lowest BCUT2D eigenvalue weighted by molar-refractivity contribution is -0.119. The lowest BCUT2D eigenvalue weighted by Gasteiger charge is -2.16. The van der Waals surface area contributed by atoms with E-state index in [1.54, 1.807) is 49.5 Å². The van der Waals surface area contributed by atoms with Crippen LogP contribution in [0.2, 0.25) is 5.02 Å². The largest absolute Gasteiger partial charge is 0.495 e. The van der Waals surface area contributed by atoms with Gasteiger partial charge in [0.05, 0.1) is 24.4 Å². The minimum atomic E-state index is -0.805. The molecule has 0 bridgehead atoms. The highest BCUT2D eigenvalue weighted by atomic mass is 35.5. The number of fused-ring (bicyclic) bond motifs is 1. The molecule has 6 nitrogen and oxygen atoms in total. The molecule has 0 aliphatic carbocycles. The molecule has 25 heavy (non-hydrogen) atoms. The van der Waals surface area contributed by atoms with Gasteiger partial charge in [0, 0.05) is 10.4 Å². The number of carbonyl (C=O) groups excluding carboxylic acids is 1. The van der Waals surface area contributed by atoms with Gasteiger partial charge in [0.2, 0.25) is 5.91 Å². The van der Waals surface area contributed by atoms with Gasteiger partial charge in [-0.2, -0.15) is 5.10 Å². The smallest absolute Gasteiger partial charge is 0.275 e. The Hall–Kier alpha value is -2.86. The third-order valence-electron chi connectivity index (χ3n) is 3.89. The molecule has 7 heteroatoms. The van der Waals surface area contributed by atoms with E-state index in [2.05, 4.69) is 10.4 Å². The summed E-state index contributed by atoms with van der Waals surface area (Å²) in [6, 6.07) is 11.2. The van der Waals surface area contributed by atoms with Crippen LogP contribution in [0.4, 0.5) is 5.69 Å². The highest BCUT2D eigenvalue weighted by molar-refractivity contribution is 6.31. The van der Waals surface area contributed by atoms with Crippen LogP contribution in [-0.2, 0) is 4.79 Å². The van der Waals surface area contributed by atoms with Crippen molar-refractivity contribution in [3.05, 3.63) is 64.0 Å². The standard InChI is InChI=1S/C18H16ClN3O3/c1-11(17(23)21-15-9-13(19)7-8-16(15)25-2)22-18(24)14-6-4-3-5-12(14)10-20-22/h3-11H,1-2H3,(H,21,23)/t11-/m0/s1. The summed E-state index contributed by atoms with van der Waals surface area (Å²) in [6.45, 7) is 1.61. The van der Waals surface area contributed by atoms with E-state index in [0.717, 1.165) is 10.1 Å². The monoisotopic (exact) mass is 357 g/mol. The van der Waals surface area contributed by atoms with Gasteiger partial charge in [0.1, 0.15) is 11.8 Å². The van der Waals surface area contributed by atoms with Crippen LogP contribution in [0.25, 0.3) is 10.8 Å². The van der Waals surface area contributed by atoms with Crippen molar-refractivity contribution in [1.29, 1.82) is 0 Å². The van der Waals surface area contributed by atoms with Gasteiger partial charge in [0.25, 0.3) is 5.56 Å². The van der Waals surface area contributed by atoms with Crippen LogP contribution >= 0.6 is 11.6 Å². The summed E-state index contributed by atoms with van der Waals surface area (Å²) in [6.07, 6.45) is 1.57. The molecule has 0 fully saturated rings. The molecule has 128 valence electrons. The number of hydrogen-bond acceptors (Lipinski definition) is 4. The zero-order valence-electron chi connectivity index (χ0n) is 13.7. The lowest BCUT2D eigenvalue weighted by atomic mass is 10.2. The van der Waals surface area contributed by atoms with E-state index in [1.807, 2.05) is 6.07 Å². The van der Waals surface area contributed by atoms with Crippen molar-refractivity contribution in [1.82, 2.24) is 9.78 Å². The fourth-order valence-electron chi connectivity index (χ4n) is 2.51. The van der Waals surface area contributed by atoms with E-state index in [1.165, 1.54) is 7.11 Å². The zero-order chi connectivity index (χ0) is 18.0. The van der Waals surface area contributed by atoms with E-state index in [9.17, 15) is 9.59 Å². The van der Waals surface area contributed by atoms with Gasteiger partial charge in [-0.05, 0) is 31.2 Å². The molecule has 0 aliphatic rings. The third kappa shape index (κ3) is 3.34. The second kappa shape index (κ2) is 6.94. The Morgan fingerprint density at radius 1 is 1.28 bits per heavy atom. The fourth-order valence-corrected chi connectivity index (χ4v) is 2.68. The Bertz CT molecular complexity index is 1000. The highest BCUT2D eigenvalue weighted by Crippen LogP contribution is 2.28. The molecule has 1 amide bonds. The van der Waals surface area contributed by atoms with E-state index < -0.39 is 11.9 Å². The molecule has 1 N–H and O–H groups in total. The number of anilines is 1. The SMILES string of the molecule is COc1ccc(Cl)cc1NC(=O)[C@H](C)n1ncc2ccccc2c1=O. The molecule has 1 heterocycles. The van der Waals surface area contributed by atoms with E-state index >= 15 is 0 Å². The van der Waals surface area contributed by atoms with Crippen LogP contribution in [0.3, 0.4) is 0 Å². The number of rotatable bonds is 4. The number of methoxy groups -OCH3 is 1. The molecule has 0 radical (unpaired) electrons. The number of nitrogens with one attached hydrogen (secondary N) is 1. The second-order valence-electron chi connectivity index (χ2n) is 5.49. The van der Waals surface area contributed by atoms with Crippen LogP contribution in [0.1, 0.15) is 13.0 Å². The summed E-state index contributed by atoms with van der Waals surface area (Å²) in [5.74, 6) is 0.0780. The molecule has 3 rings (SSSR count). The van der Waals surface area contributed by atoms with Crippen LogP contribution in [0, 0.1) is 0 Å². The Kier molecular flexibility index (Phi) is 4.72. The van der Waals surface area contributed by atoms with Crippen LogP contribution in [0.15, 0.2) is 53.5 Å². The lowest BCUT2D eigenvalue weighted by Crippen LogP contribution is -2.33. The Balaban J connectivity index is 1.92. The van der Waals surface area contributed by atoms with Gasteiger partial charge < -0.3 is 10.1 Å². The molecule has 3 aromatic rings. The molecule has 1 atom stereocenters. The van der Waals surface area contributed by atoms with E-state index in [0.29, 0.717) is 21.8 Å². The van der Waals surface area contributed by atoms with E-state index in [4.69, 9.17) is 16.3 Å². The third-order valence-corrected chi connectivity index (χ3v) is 4.12. The molecular formula is C18H16ClN3O3. The average Bonchev–Trinajstić information content (AvgIpc) is 2.62. The number of nitrogens with zero attached hydrogens (tertiary/aromatic N) is 2. The normalized spacial score (nSPS) is 12.0. The molecule has 0 saturated carbocycles. The Labute approximate surface area is 149 Å². The maximum absolute atomic E-state index is 12.6. The molecule has 0 spiro atoms. The maximum atomic E-state index is 12.6. The van der Waals surface area contributed by atoms with Gasteiger partial charge in [-0.3, -0.25) is 9.59 Å². The summed E-state index contributed by atoms with van der Waals surface area (Å²) in [7, 11) is 1.50. The molecule has 0 aliphatic heterocycles. The number of benzene rings is 2. The molecule has 0 unspecified atom stereocenters. The predicted molar refractivity (Wildman–Crippen MR) is 97.3 cm³/mol. The molecule has 2 aromatic carbocycles. The van der Waals surface area contributed by atoms with Crippen molar-refractivity contribution in [3.8, 4) is 5.75 Å². The summed E-state index contributed by atoms with van der Waals surface area (Å²) in [5, 5.41) is 8.55. The number of carbonyl (C=O) groups is 1. The van der Waals surface area contributed by atoms with E-state index in [-0.39, 0.29) is 5.56 Å². The van der Waals surface area contributed by atoms with Gasteiger partial charge in [0.15, 0.2) is 0 Å². The van der Waals surface area contributed by atoms with Crippen molar-refractivity contribution < 1.29 is 9.53 Å². The first-order chi connectivity index (χ1) is 12.0. The Morgan fingerprint density at radius 2 is 2.04 bits per heavy atom. The maximum Gasteiger partial charge on any atom is 0.275 e. The van der Waals surface area contributed by atoms with Crippen molar-refractivity contribution in [2.45, 2.75) is 13.0 Å². The van der Waals surface area contributed by atoms with Gasteiger partial charge >= 0.3 is 0 Å². The van der Waals surface area contributed by atoms with Crippen molar-refractivity contribution in [3.63, 3.8) is 0 Å². The van der Waals surface area contributed by atoms with Crippen molar-refractivity contribution in [2.24, 2.45) is 0 Å². The zero-order valence-corrected chi connectivity index (χ0v) is 14.4. The predicted octanol–water partition coefficient (Wildman–Crippen LogP) is 3.26. The van der Waals surface area contributed by atoms with Crippen molar-refractivity contribution in [2.75, 3.05) is 12.4 Å². The Morgan fingerprint density at radius 3 is 2.80 bits per heavy atom. The minimum Gasteiger partial charge on any atom is -0.495 e. The first kappa shape index (κ1) is 17.0. The second-order valence-corrected chi connectivity index (χ2v) is 5.93. The number of hydrogen-bond donors (Lipinski definition) is 1. The highest BCUT2D eigenvalue weighted by Gasteiger charge is 2.20. The van der Waals surface area contributed by atoms with Crippen LogP contribution in [0.5, 0.6) is 5.75 Å². The number of ether oxygens (including phenoxy) is 1. The summed E-state index contributed by atoms with van der Waals surface area (Å²) in [4.78, 5) is 25.1. The summed E-state index contributed by atoms with van der Waals surface area (Å²) < 4.78 is 6.37. The van der Waals surface area contributed by atoms with Crippen molar-refractivity contribution >= 4 is 34.0 Å². The van der Waals surface area contributed by atoms with Gasteiger partial charge in [-0.25, -0.2) is 4.68 Å². The quantitative estimate of drug-likeness (QED) is 0.777. The minimum absolute atomic E-state index is 0.321. The summed E-state index contributed by atoms with van der Waals surface area (Å²) >= 11 is 5.97. The molecule has 1 aromatic heterocycles. The fraction of sp³-hybridized carbons (Fsp3) is 0.167. The van der Waals surface area contributed by atoms with Gasteiger partial charge in [-0.15, -0.1) is 0 Å². The van der Waals surface area contributed by atoms with Crippen LogP contribution in [-0.4, -0.2) is 22.8 Å². The van der Waals surface area contributed by atoms with Crippen LogP contribution < -0.4 is 15.6 Å². The summed E-state index contributed by atoms with van der Waals surface area (Å²) in [5.41, 5.74) is 0.111. The number of aromatic nitrogens is 2. The molecular weight excluding hydrogens is 342 g/mol. The first-order valence-corrected chi connectivity index (χ1v) is 8.00. The topological polar surface area (TPSA) is 73.2 Å².